The Labute approximate surface area is 114 Å². The zero-order chi connectivity index (χ0) is 15.2. The summed E-state index contributed by atoms with van der Waals surface area (Å²) in [4.78, 5) is 11.6. The van der Waals surface area contributed by atoms with Crippen LogP contribution in [0, 0.1) is 12.3 Å². The summed E-state index contributed by atoms with van der Waals surface area (Å²) in [5.74, 6) is 1.39. The number of terminal acetylenes is 1. The number of hydrogen-bond acceptors (Lipinski definition) is 3. The fourth-order valence-corrected chi connectivity index (χ4v) is 1.39. The Kier molecular flexibility index (Phi) is 5.26. The number of anilines is 1. The minimum atomic E-state index is -4.80. The standard InChI is InChI=1S/C13H13F3N2O2/c1-3-8-17-12(19)9(2)18-10-6-4-5-7-11(10)20-13(14,15)16/h1,4-7,9,18H,8H2,2H3,(H,17,19). The van der Waals surface area contributed by atoms with Gasteiger partial charge in [0.05, 0.1) is 12.2 Å². The maximum Gasteiger partial charge on any atom is 0.573 e. The van der Waals surface area contributed by atoms with E-state index in [4.69, 9.17) is 6.42 Å². The first kappa shape index (κ1) is 15.7. The molecule has 0 aromatic heterocycles. The lowest BCUT2D eigenvalue weighted by atomic mass is 10.2. The molecule has 0 aliphatic heterocycles. The maximum absolute atomic E-state index is 12.2. The molecule has 0 radical (unpaired) electrons. The summed E-state index contributed by atoms with van der Waals surface area (Å²) >= 11 is 0. The lowest BCUT2D eigenvalue weighted by Crippen LogP contribution is -2.37. The van der Waals surface area contributed by atoms with Gasteiger partial charge in [0.1, 0.15) is 6.04 Å². The second kappa shape index (κ2) is 6.70. The highest BCUT2D eigenvalue weighted by atomic mass is 19.4. The van der Waals surface area contributed by atoms with Crippen LogP contribution in [-0.4, -0.2) is 24.9 Å². The second-order valence-corrected chi connectivity index (χ2v) is 3.83. The highest BCUT2D eigenvalue weighted by Gasteiger charge is 2.32. The Morgan fingerprint density at radius 1 is 1.45 bits per heavy atom. The molecular weight excluding hydrogens is 273 g/mol. The smallest absolute Gasteiger partial charge is 0.404 e. The van der Waals surface area contributed by atoms with Crippen LogP contribution in [0.25, 0.3) is 0 Å². The minimum Gasteiger partial charge on any atom is -0.404 e. The molecule has 0 bridgehead atoms. The first-order valence-electron chi connectivity index (χ1n) is 5.66. The van der Waals surface area contributed by atoms with Crippen LogP contribution in [0.4, 0.5) is 18.9 Å². The summed E-state index contributed by atoms with van der Waals surface area (Å²) in [6.07, 6.45) is 0.194. The molecule has 1 amide bonds. The van der Waals surface area contributed by atoms with E-state index >= 15 is 0 Å². The Bertz CT molecular complexity index is 509. The Morgan fingerprint density at radius 2 is 2.10 bits per heavy atom. The summed E-state index contributed by atoms with van der Waals surface area (Å²) in [5, 5.41) is 5.06. The second-order valence-electron chi connectivity index (χ2n) is 3.83. The number of ether oxygens (including phenoxy) is 1. The maximum atomic E-state index is 12.2. The zero-order valence-electron chi connectivity index (χ0n) is 10.6. The number of nitrogens with one attached hydrogen (secondary N) is 2. The third kappa shape index (κ3) is 5.10. The highest BCUT2D eigenvalue weighted by molar-refractivity contribution is 5.84. The summed E-state index contributed by atoms with van der Waals surface area (Å²) in [6.45, 7) is 1.54. The van der Waals surface area contributed by atoms with Crippen molar-refractivity contribution < 1.29 is 22.7 Å². The largest absolute Gasteiger partial charge is 0.573 e. The third-order valence-corrected chi connectivity index (χ3v) is 2.24. The first-order chi connectivity index (χ1) is 9.33. The van der Waals surface area contributed by atoms with Gasteiger partial charge in [-0.15, -0.1) is 19.6 Å². The van der Waals surface area contributed by atoms with Gasteiger partial charge in [-0.25, -0.2) is 0 Å². The fourth-order valence-electron chi connectivity index (χ4n) is 1.39. The molecule has 1 aromatic carbocycles. The van der Waals surface area contributed by atoms with Gasteiger partial charge >= 0.3 is 6.36 Å². The van der Waals surface area contributed by atoms with Gasteiger partial charge in [0.2, 0.25) is 5.91 Å². The molecule has 0 aliphatic rings. The number of carbonyl (C=O) groups excluding carboxylic acids is 1. The van der Waals surface area contributed by atoms with Crippen LogP contribution in [0.15, 0.2) is 24.3 Å². The van der Waals surface area contributed by atoms with E-state index in [1.807, 2.05) is 0 Å². The van der Waals surface area contributed by atoms with Crippen molar-refractivity contribution in [3.05, 3.63) is 24.3 Å². The fraction of sp³-hybridized carbons (Fsp3) is 0.308. The number of benzene rings is 1. The van der Waals surface area contributed by atoms with Gasteiger partial charge in [0.25, 0.3) is 0 Å². The van der Waals surface area contributed by atoms with Crippen molar-refractivity contribution in [1.29, 1.82) is 0 Å². The van der Waals surface area contributed by atoms with Gasteiger partial charge in [0.15, 0.2) is 5.75 Å². The SMILES string of the molecule is C#CCNC(=O)C(C)Nc1ccccc1OC(F)(F)F. The molecule has 1 aromatic rings. The Hall–Kier alpha value is -2.36. The molecular formula is C13H13F3N2O2. The summed E-state index contributed by atoms with van der Waals surface area (Å²) in [6, 6.07) is 4.70. The summed E-state index contributed by atoms with van der Waals surface area (Å²) in [5.41, 5.74) is 0.0631. The van der Waals surface area contributed by atoms with E-state index in [1.54, 1.807) is 0 Å². The molecule has 2 N–H and O–H groups in total. The number of halogens is 3. The number of alkyl halides is 3. The van der Waals surface area contributed by atoms with Gasteiger partial charge in [-0.3, -0.25) is 4.79 Å². The van der Waals surface area contributed by atoms with Gasteiger partial charge < -0.3 is 15.4 Å². The summed E-state index contributed by atoms with van der Waals surface area (Å²) in [7, 11) is 0. The quantitative estimate of drug-likeness (QED) is 0.815. The molecule has 0 heterocycles. The molecule has 0 spiro atoms. The molecule has 0 saturated carbocycles. The average Bonchev–Trinajstić information content (AvgIpc) is 2.36. The average molecular weight is 286 g/mol. The molecule has 4 nitrogen and oxygen atoms in total. The number of rotatable bonds is 5. The third-order valence-electron chi connectivity index (χ3n) is 2.24. The van der Waals surface area contributed by atoms with Gasteiger partial charge in [-0.05, 0) is 19.1 Å². The predicted octanol–water partition coefficient (Wildman–Crippen LogP) is 2.13. The van der Waals surface area contributed by atoms with Crippen LogP contribution in [-0.2, 0) is 4.79 Å². The van der Waals surface area contributed by atoms with E-state index in [-0.39, 0.29) is 12.2 Å². The van der Waals surface area contributed by atoms with Crippen molar-refractivity contribution in [3.63, 3.8) is 0 Å². The number of hydrogen-bond donors (Lipinski definition) is 2. The van der Waals surface area contributed by atoms with Crippen LogP contribution in [0.1, 0.15) is 6.92 Å². The molecule has 108 valence electrons. The van der Waals surface area contributed by atoms with E-state index in [9.17, 15) is 18.0 Å². The lowest BCUT2D eigenvalue weighted by molar-refractivity contribution is -0.274. The van der Waals surface area contributed by atoms with Crippen molar-refractivity contribution >= 4 is 11.6 Å². The Morgan fingerprint density at radius 3 is 2.70 bits per heavy atom. The Balaban J connectivity index is 2.77. The lowest BCUT2D eigenvalue weighted by Gasteiger charge is -2.18. The van der Waals surface area contributed by atoms with Gasteiger partial charge in [0, 0.05) is 0 Å². The van der Waals surface area contributed by atoms with Crippen molar-refractivity contribution in [2.45, 2.75) is 19.3 Å². The van der Waals surface area contributed by atoms with Crippen LogP contribution < -0.4 is 15.4 Å². The minimum absolute atomic E-state index is 0.0472. The topological polar surface area (TPSA) is 50.4 Å². The van der Waals surface area contributed by atoms with E-state index in [0.29, 0.717) is 0 Å². The van der Waals surface area contributed by atoms with E-state index in [1.165, 1.54) is 25.1 Å². The van der Waals surface area contributed by atoms with Crippen molar-refractivity contribution in [3.8, 4) is 18.1 Å². The molecule has 7 heteroatoms. The molecule has 1 atom stereocenters. The van der Waals surface area contributed by atoms with Crippen molar-refractivity contribution in [1.82, 2.24) is 5.32 Å². The van der Waals surface area contributed by atoms with Crippen molar-refractivity contribution in [2.75, 3.05) is 11.9 Å². The van der Waals surface area contributed by atoms with Crippen molar-refractivity contribution in [2.24, 2.45) is 0 Å². The molecule has 20 heavy (non-hydrogen) atoms. The van der Waals surface area contributed by atoms with E-state index in [2.05, 4.69) is 21.3 Å². The molecule has 0 saturated heterocycles. The molecule has 0 aliphatic carbocycles. The van der Waals surface area contributed by atoms with E-state index in [0.717, 1.165) is 6.07 Å². The summed E-state index contributed by atoms with van der Waals surface area (Å²) < 4.78 is 40.6. The monoisotopic (exact) mass is 286 g/mol. The van der Waals surface area contributed by atoms with Crippen LogP contribution in [0.5, 0.6) is 5.75 Å². The predicted molar refractivity (Wildman–Crippen MR) is 68.1 cm³/mol. The molecule has 1 rings (SSSR count). The molecule has 1 unspecified atom stereocenters. The first-order valence-corrected chi connectivity index (χ1v) is 5.66. The van der Waals surface area contributed by atoms with Crippen LogP contribution >= 0.6 is 0 Å². The normalized spacial score (nSPS) is 12.2. The highest BCUT2D eigenvalue weighted by Crippen LogP contribution is 2.30. The van der Waals surface area contributed by atoms with E-state index < -0.39 is 24.1 Å². The molecule has 0 fully saturated rings. The zero-order valence-corrected chi connectivity index (χ0v) is 10.6. The van der Waals surface area contributed by atoms with Crippen LogP contribution in [0.3, 0.4) is 0 Å². The number of carbonyl (C=O) groups is 1. The van der Waals surface area contributed by atoms with Gasteiger partial charge in [-0.2, -0.15) is 0 Å². The van der Waals surface area contributed by atoms with Crippen LogP contribution in [0.2, 0.25) is 0 Å². The number of amides is 1. The van der Waals surface area contributed by atoms with Gasteiger partial charge in [-0.1, -0.05) is 18.1 Å². The number of para-hydroxylation sites is 2.